The first-order chi connectivity index (χ1) is 10.5. The highest BCUT2D eigenvalue weighted by Crippen LogP contribution is 2.25. The number of aromatic nitrogens is 1. The van der Waals surface area contributed by atoms with E-state index in [0.29, 0.717) is 28.8 Å². The largest absolute Gasteiger partial charge is 0.355 e. The lowest BCUT2D eigenvalue weighted by Crippen LogP contribution is -2.31. The number of carbonyl (C=O) groups is 1. The third-order valence-corrected chi connectivity index (χ3v) is 3.62. The maximum Gasteiger partial charge on any atom is 0.272 e. The van der Waals surface area contributed by atoms with Gasteiger partial charge in [-0.1, -0.05) is 23.2 Å². The van der Waals surface area contributed by atoms with Crippen LogP contribution in [0.15, 0.2) is 36.5 Å². The number of nitrogens with zero attached hydrogens (tertiary/aromatic N) is 2. The number of nitrogens with one attached hydrogen (secondary N) is 1. The highest BCUT2D eigenvalue weighted by atomic mass is 35.5. The molecule has 6 heteroatoms. The Labute approximate surface area is 140 Å². The average Bonchev–Trinajstić information content (AvgIpc) is 2.47. The number of pyridine rings is 1. The summed E-state index contributed by atoms with van der Waals surface area (Å²) in [7, 11) is 0. The van der Waals surface area contributed by atoms with Crippen LogP contribution >= 0.6 is 23.2 Å². The van der Waals surface area contributed by atoms with Crippen molar-refractivity contribution in [2.45, 2.75) is 13.8 Å². The zero-order chi connectivity index (χ0) is 16.1. The van der Waals surface area contributed by atoms with Gasteiger partial charge in [-0.15, -0.1) is 0 Å². The predicted octanol–water partition coefficient (Wildman–Crippen LogP) is 4.61. The van der Waals surface area contributed by atoms with Crippen LogP contribution < -0.4 is 5.32 Å². The van der Waals surface area contributed by atoms with E-state index >= 15 is 0 Å². The molecule has 0 spiro atoms. The third-order valence-electron chi connectivity index (χ3n) is 3.18. The van der Waals surface area contributed by atoms with E-state index in [-0.39, 0.29) is 5.91 Å². The monoisotopic (exact) mass is 337 g/mol. The molecule has 1 aromatic heterocycles. The summed E-state index contributed by atoms with van der Waals surface area (Å²) in [6, 6.07) is 8.69. The van der Waals surface area contributed by atoms with Crippen molar-refractivity contribution in [1.82, 2.24) is 9.88 Å². The number of halogens is 2. The van der Waals surface area contributed by atoms with Crippen molar-refractivity contribution in [1.29, 1.82) is 0 Å². The van der Waals surface area contributed by atoms with Gasteiger partial charge in [-0.3, -0.25) is 9.78 Å². The van der Waals surface area contributed by atoms with Crippen LogP contribution in [0.3, 0.4) is 0 Å². The zero-order valence-electron chi connectivity index (χ0n) is 12.4. The van der Waals surface area contributed by atoms with Crippen LogP contribution in [0, 0.1) is 0 Å². The Kier molecular flexibility index (Phi) is 5.63. The number of anilines is 2. The lowest BCUT2D eigenvalue weighted by Gasteiger charge is -2.18. The van der Waals surface area contributed by atoms with Crippen LogP contribution in [0.2, 0.25) is 10.0 Å². The molecular weight excluding hydrogens is 321 g/mol. The van der Waals surface area contributed by atoms with E-state index in [4.69, 9.17) is 23.2 Å². The fraction of sp³-hybridized carbons (Fsp3) is 0.250. The first-order valence-corrected chi connectivity index (χ1v) is 7.77. The van der Waals surface area contributed by atoms with Crippen molar-refractivity contribution < 1.29 is 4.79 Å². The van der Waals surface area contributed by atoms with E-state index in [2.05, 4.69) is 10.3 Å². The first kappa shape index (κ1) is 16.6. The quantitative estimate of drug-likeness (QED) is 0.866. The second-order valence-corrected chi connectivity index (χ2v) is 5.56. The molecule has 2 aromatic rings. The van der Waals surface area contributed by atoms with Crippen molar-refractivity contribution in [3.05, 3.63) is 52.3 Å². The summed E-state index contributed by atoms with van der Waals surface area (Å²) in [4.78, 5) is 18.2. The molecule has 0 fully saturated rings. The van der Waals surface area contributed by atoms with Crippen LogP contribution in [-0.2, 0) is 0 Å². The van der Waals surface area contributed by atoms with Crippen LogP contribution in [0.5, 0.6) is 0 Å². The molecule has 0 aliphatic carbocycles. The summed E-state index contributed by atoms with van der Waals surface area (Å²) in [5.74, 6) is -0.0854. The molecule has 1 heterocycles. The summed E-state index contributed by atoms with van der Waals surface area (Å²) in [5, 5.41) is 4.27. The zero-order valence-corrected chi connectivity index (χ0v) is 13.9. The van der Waals surface area contributed by atoms with E-state index < -0.39 is 0 Å². The predicted molar refractivity (Wildman–Crippen MR) is 91.2 cm³/mol. The van der Waals surface area contributed by atoms with Crippen LogP contribution in [0.1, 0.15) is 24.3 Å². The maximum absolute atomic E-state index is 12.3. The van der Waals surface area contributed by atoms with Gasteiger partial charge in [0, 0.05) is 40.7 Å². The summed E-state index contributed by atoms with van der Waals surface area (Å²) in [6.45, 7) is 5.19. The molecule has 0 saturated heterocycles. The van der Waals surface area contributed by atoms with Gasteiger partial charge in [-0.2, -0.15) is 0 Å². The first-order valence-electron chi connectivity index (χ1n) is 7.02. The number of carbonyl (C=O) groups excluding carboxylic acids is 1. The van der Waals surface area contributed by atoms with Gasteiger partial charge in [0.1, 0.15) is 5.69 Å². The molecule has 1 amide bonds. The van der Waals surface area contributed by atoms with Crippen molar-refractivity contribution in [2.75, 3.05) is 18.4 Å². The molecule has 0 aliphatic rings. The van der Waals surface area contributed by atoms with Gasteiger partial charge < -0.3 is 10.2 Å². The van der Waals surface area contributed by atoms with Crippen molar-refractivity contribution >= 4 is 40.5 Å². The third kappa shape index (κ3) is 4.12. The van der Waals surface area contributed by atoms with Crippen LogP contribution in [0.4, 0.5) is 11.4 Å². The number of hydrogen-bond donors (Lipinski definition) is 1. The van der Waals surface area contributed by atoms with E-state index in [0.717, 1.165) is 11.4 Å². The molecule has 1 aromatic carbocycles. The number of hydrogen-bond acceptors (Lipinski definition) is 3. The highest BCUT2D eigenvalue weighted by molar-refractivity contribution is 6.35. The second kappa shape index (κ2) is 7.47. The van der Waals surface area contributed by atoms with E-state index in [1.54, 1.807) is 41.4 Å². The second-order valence-electron chi connectivity index (χ2n) is 4.69. The van der Waals surface area contributed by atoms with Gasteiger partial charge in [0.05, 0.1) is 0 Å². The Bertz CT molecular complexity index is 652. The smallest absolute Gasteiger partial charge is 0.272 e. The Morgan fingerprint density at radius 1 is 1.09 bits per heavy atom. The van der Waals surface area contributed by atoms with Crippen LogP contribution in [0.25, 0.3) is 0 Å². The minimum atomic E-state index is -0.0854. The van der Waals surface area contributed by atoms with Gasteiger partial charge in [-0.05, 0) is 44.2 Å². The highest BCUT2D eigenvalue weighted by Gasteiger charge is 2.14. The Morgan fingerprint density at radius 3 is 2.32 bits per heavy atom. The molecule has 22 heavy (non-hydrogen) atoms. The molecule has 0 atom stereocenters. The number of amides is 1. The number of benzene rings is 1. The van der Waals surface area contributed by atoms with Crippen molar-refractivity contribution in [3.63, 3.8) is 0 Å². The molecule has 0 aliphatic heterocycles. The summed E-state index contributed by atoms with van der Waals surface area (Å²) < 4.78 is 0. The van der Waals surface area contributed by atoms with E-state index in [1.165, 1.54) is 0 Å². The molecule has 1 N–H and O–H groups in total. The summed E-state index contributed by atoms with van der Waals surface area (Å²) in [6.07, 6.45) is 1.60. The molecule has 4 nitrogen and oxygen atoms in total. The van der Waals surface area contributed by atoms with Gasteiger partial charge in [0.2, 0.25) is 0 Å². The molecule has 0 unspecified atom stereocenters. The standard InChI is InChI=1S/C16H17Cl2N3O/c1-3-21(4-2)16(22)15-10-13(5-6-19-15)20-14-8-11(17)7-12(18)9-14/h5-10H,3-4H2,1-2H3,(H,19,20). The fourth-order valence-electron chi connectivity index (χ4n) is 2.09. The maximum atomic E-state index is 12.3. The van der Waals surface area contributed by atoms with Crippen molar-refractivity contribution in [3.8, 4) is 0 Å². The lowest BCUT2D eigenvalue weighted by atomic mass is 10.2. The summed E-state index contributed by atoms with van der Waals surface area (Å²) >= 11 is 12.0. The SMILES string of the molecule is CCN(CC)C(=O)c1cc(Nc2cc(Cl)cc(Cl)c2)ccn1. The molecule has 116 valence electrons. The Hall–Kier alpha value is -1.78. The van der Waals surface area contributed by atoms with Gasteiger partial charge in [0.15, 0.2) is 0 Å². The van der Waals surface area contributed by atoms with Gasteiger partial charge in [-0.25, -0.2) is 0 Å². The topological polar surface area (TPSA) is 45.2 Å². The van der Waals surface area contributed by atoms with Crippen LogP contribution in [-0.4, -0.2) is 28.9 Å². The van der Waals surface area contributed by atoms with E-state index in [9.17, 15) is 4.79 Å². The summed E-state index contributed by atoms with van der Waals surface area (Å²) in [5.41, 5.74) is 1.91. The lowest BCUT2D eigenvalue weighted by molar-refractivity contribution is 0.0767. The molecule has 2 rings (SSSR count). The average molecular weight is 338 g/mol. The van der Waals surface area contributed by atoms with Gasteiger partial charge in [0.25, 0.3) is 5.91 Å². The Balaban J connectivity index is 2.23. The molecular formula is C16H17Cl2N3O. The minimum absolute atomic E-state index is 0.0854. The Morgan fingerprint density at radius 2 is 1.73 bits per heavy atom. The number of rotatable bonds is 5. The van der Waals surface area contributed by atoms with Gasteiger partial charge >= 0.3 is 0 Å². The molecule has 0 radical (unpaired) electrons. The van der Waals surface area contributed by atoms with E-state index in [1.807, 2.05) is 13.8 Å². The van der Waals surface area contributed by atoms with Crippen molar-refractivity contribution in [2.24, 2.45) is 0 Å². The normalized spacial score (nSPS) is 10.4. The fourth-order valence-corrected chi connectivity index (χ4v) is 2.62. The molecule has 0 saturated carbocycles. The molecule has 0 bridgehead atoms. The minimum Gasteiger partial charge on any atom is -0.355 e.